The van der Waals surface area contributed by atoms with Crippen LogP contribution < -0.4 is 5.32 Å². The molecule has 0 aromatic heterocycles. The first-order chi connectivity index (χ1) is 7.75. The van der Waals surface area contributed by atoms with E-state index in [4.69, 9.17) is 4.74 Å². The summed E-state index contributed by atoms with van der Waals surface area (Å²) in [5.41, 5.74) is -1.61. The molecule has 1 amide bonds. The third-order valence-electron chi connectivity index (χ3n) is 2.49. The van der Waals surface area contributed by atoms with Gasteiger partial charge in [0.05, 0.1) is 9.47 Å². The topological polar surface area (TPSA) is 64.6 Å². The Morgan fingerprint density at radius 1 is 1.53 bits per heavy atom. The zero-order chi connectivity index (χ0) is 13.3. The van der Waals surface area contributed by atoms with Crippen molar-refractivity contribution in [3.05, 3.63) is 12.7 Å². The van der Waals surface area contributed by atoms with E-state index in [1.807, 2.05) is 9.47 Å². The van der Waals surface area contributed by atoms with Crippen molar-refractivity contribution in [1.82, 2.24) is 5.32 Å². The van der Waals surface area contributed by atoms with Gasteiger partial charge in [0.1, 0.15) is 11.1 Å². The highest BCUT2D eigenvalue weighted by Gasteiger charge is 2.61. The average Bonchev–Trinajstić information content (AvgIpc) is 2.88. The van der Waals surface area contributed by atoms with Crippen LogP contribution in [-0.4, -0.2) is 23.2 Å². The summed E-state index contributed by atoms with van der Waals surface area (Å²) in [6, 6.07) is 0. The van der Waals surface area contributed by atoms with Crippen LogP contribution in [0.25, 0.3) is 0 Å². The molecule has 0 radical (unpaired) electrons. The molecule has 0 heterocycles. The van der Waals surface area contributed by atoms with E-state index in [-0.39, 0.29) is 5.92 Å². The molecule has 1 aliphatic rings. The number of alkyl carbamates (subject to hydrolysis) is 1. The summed E-state index contributed by atoms with van der Waals surface area (Å²) in [6.45, 7) is 8.88. The molecule has 17 heavy (non-hydrogen) atoms. The normalized spacial score (nSPS) is 26.9. The Balaban J connectivity index is 2.68. The number of amides is 1. The van der Waals surface area contributed by atoms with Gasteiger partial charge >= 0.3 is 12.1 Å². The van der Waals surface area contributed by atoms with Gasteiger partial charge in [0.2, 0.25) is 0 Å². The van der Waals surface area contributed by atoms with Crippen LogP contribution in [0.4, 0.5) is 4.79 Å². The van der Waals surface area contributed by atoms with Crippen molar-refractivity contribution in [2.45, 2.75) is 38.3 Å². The molecule has 6 heteroatoms. The molecule has 1 N–H and O–H groups in total. The largest absolute Gasteiger partial charge is 0.450 e. The van der Waals surface area contributed by atoms with Crippen LogP contribution in [0, 0.1) is 5.92 Å². The monoisotopic (exact) mass is 259 g/mol. The molecule has 1 aliphatic carbocycles. The van der Waals surface area contributed by atoms with Gasteiger partial charge in [0, 0.05) is 5.92 Å². The van der Waals surface area contributed by atoms with Crippen LogP contribution in [-0.2, 0) is 14.1 Å². The van der Waals surface area contributed by atoms with Crippen LogP contribution in [0.3, 0.4) is 0 Å². The summed E-state index contributed by atoms with van der Waals surface area (Å²) in [5, 5.41) is 2.56. The van der Waals surface area contributed by atoms with E-state index < -0.39 is 23.2 Å². The third-order valence-corrected chi connectivity index (χ3v) is 2.71. The second kappa shape index (κ2) is 4.65. The van der Waals surface area contributed by atoms with Crippen molar-refractivity contribution in [2.75, 3.05) is 0 Å². The predicted octanol–water partition coefficient (Wildman–Crippen LogP) is 1.79. The summed E-state index contributed by atoms with van der Waals surface area (Å²) in [4.78, 5) is 23.2. The van der Waals surface area contributed by atoms with Gasteiger partial charge in [-0.1, -0.05) is 6.08 Å². The summed E-state index contributed by atoms with van der Waals surface area (Å²) in [6.07, 6.45) is 1.49. The highest BCUT2D eigenvalue weighted by atomic mass is 31.0. The van der Waals surface area contributed by atoms with Gasteiger partial charge < -0.3 is 14.6 Å². The lowest BCUT2D eigenvalue weighted by Crippen LogP contribution is -2.47. The maximum atomic E-state index is 11.6. The second-order valence-corrected chi connectivity index (χ2v) is 5.29. The van der Waals surface area contributed by atoms with Crippen molar-refractivity contribution in [2.24, 2.45) is 5.92 Å². The Bertz CT molecular complexity index is 350. The van der Waals surface area contributed by atoms with E-state index in [0.29, 0.717) is 6.42 Å². The molecule has 1 unspecified atom stereocenters. The Labute approximate surface area is 103 Å². The standard InChI is InChI=1S/C11H18NO4P/c1-5-7-6-11(7,8(13)16-17)12-9(14)15-10(2,3)4/h5,7H,1,6,17H2,2-4H3,(H,12,14)/t7-,11+/m1/s1. The van der Waals surface area contributed by atoms with Crippen molar-refractivity contribution in [3.63, 3.8) is 0 Å². The summed E-state index contributed by atoms with van der Waals surface area (Å²) in [5.74, 6) is -0.610. The van der Waals surface area contributed by atoms with E-state index in [1.54, 1.807) is 26.8 Å². The highest BCUT2D eigenvalue weighted by Crippen LogP contribution is 2.45. The van der Waals surface area contributed by atoms with Crippen molar-refractivity contribution >= 4 is 21.5 Å². The zero-order valence-electron chi connectivity index (χ0n) is 10.3. The van der Waals surface area contributed by atoms with Gasteiger partial charge in [0.25, 0.3) is 0 Å². The number of ether oxygens (including phenoxy) is 1. The van der Waals surface area contributed by atoms with Gasteiger partial charge in [-0.05, 0) is 27.2 Å². The fourth-order valence-electron chi connectivity index (χ4n) is 1.59. The maximum Gasteiger partial charge on any atom is 0.408 e. The van der Waals surface area contributed by atoms with Crippen LogP contribution in [0.15, 0.2) is 12.7 Å². The molecule has 1 rings (SSSR count). The van der Waals surface area contributed by atoms with Crippen molar-refractivity contribution < 1.29 is 18.8 Å². The van der Waals surface area contributed by atoms with E-state index in [9.17, 15) is 9.59 Å². The average molecular weight is 259 g/mol. The molecule has 0 saturated heterocycles. The number of hydrogen-bond acceptors (Lipinski definition) is 4. The number of carbonyl (C=O) groups is 2. The van der Waals surface area contributed by atoms with Gasteiger partial charge in [-0.2, -0.15) is 0 Å². The molecule has 1 saturated carbocycles. The third kappa shape index (κ3) is 3.19. The number of carbonyl (C=O) groups excluding carboxylic acids is 2. The number of rotatable bonds is 3. The van der Waals surface area contributed by atoms with Crippen LogP contribution in [0.5, 0.6) is 0 Å². The molecule has 0 aliphatic heterocycles. The maximum absolute atomic E-state index is 11.6. The Morgan fingerprint density at radius 2 is 2.12 bits per heavy atom. The Morgan fingerprint density at radius 3 is 2.47 bits per heavy atom. The Kier molecular flexibility index (Phi) is 3.82. The Hall–Kier alpha value is -1.09. The summed E-state index contributed by atoms with van der Waals surface area (Å²) < 4.78 is 9.70. The molecule has 96 valence electrons. The van der Waals surface area contributed by atoms with Crippen molar-refractivity contribution in [1.29, 1.82) is 0 Å². The molecular weight excluding hydrogens is 241 g/mol. The second-order valence-electron chi connectivity index (χ2n) is 5.05. The van der Waals surface area contributed by atoms with E-state index in [0.717, 1.165) is 0 Å². The minimum Gasteiger partial charge on any atom is -0.450 e. The lowest BCUT2D eigenvalue weighted by molar-refractivity contribution is -0.137. The van der Waals surface area contributed by atoms with Gasteiger partial charge in [-0.15, -0.1) is 6.58 Å². The van der Waals surface area contributed by atoms with E-state index in [2.05, 4.69) is 16.4 Å². The van der Waals surface area contributed by atoms with Gasteiger partial charge in [0.15, 0.2) is 0 Å². The van der Waals surface area contributed by atoms with Crippen molar-refractivity contribution in [3.8, 4) is 0 Å². The van der Waals surface area contributed by atoms with Gasteiger partial charge in [-0.25, -0.2) is 9.59 Å². The summed E-state index contributed by atoms with van der Waals surface area (Å²) in [7, 11) is 1.88. The first-order valence-electron chi connectivity index (χ1n) is 5.30. The minimum atomic E-state index is -1.01. The van der Waals surface area contributed by atoms with E-state index >= 15 is 0 Å². The SMILES string of the molecule is C=C[C@@H]1C[C@@]1(NC(=O)OC(C)(C)C)C(=O)OP. The minimum absolute atomic E-state index is 0.108. The predicted molar refractivity (Wildman–Crippen MR) is 66.2 cm³/mol. The molecule has 0 aromatic carbocycles. The summed E-state index contributed by atoms with van der Waals surface area (Å²) >= 11 is 0. The highest BCUT2D eigenvalue weighted by molar-refractivity contribution is 7.10. The molecule has 0 spiro atoms. The molecule has 1 fully saturated rings. The van der Waals surface area contributed by atoms with Crippen LogP contribution >= 0.6 is 9.47 Å². The lowest BCUT2D eigenvalue weighted by atomic mass is 10.2. The molecular formula is C11H18NO4P. The fourth-order valence-corrected chi connectivity index (χ4v) is 1.80. The molecule has 5 nitrogen and oxygen atoms in total. The molecule has 0 bridgehead atoms. The quantitative estimate of drug-likeness (QED) is 0.620. The van der Waals surface area contributed by atoms with Gasteiger partial charge in [-0.3, -0.25) is 0 Å². The lowest BCUT2D eigenvalue weighted by Gasteiger charge is -2.22. The molecule has 3 atom stereocenters. The van der Waals surface area contributed by atoms with E-state index in [1.165, 1.54) is 0 Å². The van der Waals surface area contributed by atoms with Crippen LogP contribution in [0.1, 0.15) is 27.2 Å². The zero-order valence-corrected chi connectivity index (χ0v) is 11.4. The number of nitrogens with one attached hydrogen (secondary N) is 1. The molecule has 0 aromatic rings. The first kappa shape index (κ1) is 14.0. The number of hydrogen-bond donors (Lipinski definition) is 1. The van der Waals surface area contributed by atoms with Crippen LogP contribution in [0.2, 0.25) is 0 Å². The fraction of sp³-hybridized carbons (Fsp3) is 0.636. The smallest absolute Gasteiger partial charge is 0.408 e. The first-order valence-corrected chi connectivity index (χ1v) is 5.77.